The van der Waals surface area contributed by atoms with Gasteiger partial charge in [0.05, 0.1) is 29.0 Å². The number of amides is 1. The minimum absolute atomic E-state index is 0.0183. The first-order chi connectivity index (χ1) is 21.1. The van der Waals surface area contributed by atoms with E-state index >= 15 is 0 Å². The molecular weight excluding hydrogens is 568 g/mol. The van der Waals surface area contributed by atoms with Gasteiger partial charge in [0.2, 0.25) is 5.91 Å². The van der Waals surface area contributed by atoms with Crippen molar-refractivity contribution in [3.63, 3.8) is 0 Å². The lowest BCUT2D eigenvalue weighted by Crippen LogP contribution is -2.50. The Morgan fingerprint density at radius 3 is 2.50 bits per heavy atom. The van der Waals surface area contributed by atoms with Crippen LogP contribution in [0, 0.1) is 5.92 Å². The van der Waals surface area contributed by atoms with Crippen LogP contribution in [0.2, 0.25) is 0 Å². The molecule has 0 radical (unpaired) electrons. The highest BCUT2D eigenvalue weighted by Crippen LogP contribution is 2.43. The van der Waals surface area contributed by atoms with Crippen LogP contribution < -0.4 is 10.2 Å². The van der Waals surface area contributed by atoms with Gasteiger partial charge in [0.25, 0.3) is 0 Å². The number of benzene rings is 1. The molecule has 6 rings (SSSR count). The summed E-state index contributed by atoms with van der Waals surface area (Å²) < 4.78 is 5.89. The molecule has 3 aliphatic rings. The van der Waals surface area contributed by atoms with Gasteiger partial charge in [0, 0.05) is 43.0 Å². The maximum atomic E-state index is 13.6. The molecule has 0 bridgehead atoms. The Kier molecular flexibility index (Phi) is 9.18. The number of aromatic nitrogens is 2. The molecule has 1 amide bonds. The summed E-state index contributed by atoms with van der Waals surface area (Å²) in [6.07, 6.45) is 7.70. The molecule has 8 nitrogen and oxygen atoms in total. The zero-order valence-electron chi connectivity index (χ0n) is 27.7. The van der Waals surface area contributed by atoms with Gasteiger partial charge in [-0.3, -0.25) is 4.79 Å². The molecule has 2 aromatic heterocycles. The number of anilines is 3. The predicted octanol–water partition coefficient (Wildman–Crippen LogP) is 6.39. The van der Waals surface area contributed by atoms with Crippen LogP contribution in [0.15, 0.2) is 18.5 Å². The van der Waals surface area contributed by atoms with Gasteiger partial charge in [-0.15, -0.1) is 11.3 Å². The van der Waals surface area contributed by atoms with Gasteiger partial charge < -0.3 is 24.8 Å². The molecule has 9 heteroatoms. The molecule has 0 spiro atoms. The van der Waals surface area contributed by atoms with Crippen molar-refractivity contribution in [2.75, 3.05) is 50.5 Å². The van der Waals surface area contributed by atoms with E-state index in [1.807, 2.05) is 4.90 Å². The number of rotatable bonds is 7. The second kappa shape index (κ2) is 12.9. The molecule has 0 saturated carbocycles. The average Bonchev–Trinajstić information content (AvgIpc) is 3.38. The summed E-state index contributed by atoms with van der Waals surface area (Å²) in [7, 11) is 4.40. The molecule has 3 aromatic rings. The molecule has 4 heterocycles. The molecule has 3 unspecified atom stereocenters. The first kappa shape index (κ1) is 31.2. The number of hydrogen-bond acceptors (Lipinski definition) is 8. The number of hydrogen-bond donors (Lipinski definition) is 1. The van der Waals surface area contributed by atoms with Crippen molar-refractivity contribution in [1.29, 1.82) is 0 Å². The largest absolute Gasteiger partial charge is 0.372 e. The Bertz CT molecular complexity index is 1480. The minimum Gasteiger partial charge on any atom is -0.372 e. The molecule has 1 aliphatic carbocycles. The third kappa shape index (κ3) is 6.20. The van der Waals surface area contributed by atoms with Crippen molar-refractivity contribution in [3.05, 3.63) is 40.0 Å². The Morgan fingerprint density at radius 2 is 1.84 bits per heavy atom. The SMILES string of the molecule is CCc1cc(Nc2ncnc3sc4c(c23)CCC(C(=O)N2CC(C)OC(C)C2)C4)c(N2CCC(N(C)C)CC2)cc1C(C)C. The average molecular weight is 619 g/mol. The summed E-state index contributed by atoms with van der Waals surface area (Å²) in [5, 5.41) is 4.97. The number of thiophene rings is 1. The number of fused-ring (bicyclic) bond motifs is 3. The monoisotopic (exact) mass is 618 g/mol. The Balaban J connectivity index is 1.30. The smallest absolute Gasteiger partial charge is 0.226 e. The molecule has 2 saturated heterocycles. The van der Waals surface area contributed by atoms with Crippen LogP contribution in [-0.2, 0) is 28.8 Å². The maximum Gasteiger partial charge on any atom is 0.226 e. The van der Waals surface area contributed by atoms with Gasteiger partial charge >= 0.3 is 0 Å². The first-order valence-electron chi connectivity index (χ1n) is 16.7. The van der Waals surface area contributed by atoms with E-state index in [0.717, 1.165) is 73.3 Å². The summed E-state index contributed by atoms with van der Waals surface area (Å²) in [4.78, 5) is 32.4. The third-order valence-electron chi connectivity index (χ3n) is 9.97. The zero-order chi connectivity index (χ0) is 31.1. The summed E-state index contributed by atoms with van der Waals surface area (Å²) in [6.45, 7) is 14.4. The lowest BCUT2D eigenvalue weighted by Gasteiger charge is -2.38. The Morgan fingerprint density at radius 1 is 1.11 bits per heavy atom. The molecule has 1 aromatic carbocycles. The zero-order valence-corrected chi connectivity index (χ0v) is 28.5. The molecule has 238 valence electrons. The van der Waals surface area contributed by atoms with Crippen LogP contribution in [0.25, 0.3) is 10.2 Å². The molecule has 3 atom stereocenters. The Hall–Kier alpha value is -2.75. The number of carbonyl (C=O) groups excluding carboxylic acids is 1. The molecule has 1 N–H and O–H groups in total. The van der Waals surface area contributed by atoms with Gasteiger partial charge in [-0.05, 0) is 101 Å². The van der Waals surface area contributed by atoms with Crippen LogP contribution in [0.1, 0.15) is 81.4 Å². The minimum atomic E-state index is 0.0183. The van der Waals surface area contributed by atoms with E-state index in [1.54, 1.807) is 17.7 Å². The van der Waals surface area contributed by atoms with E-state index in [-0.39, 0.29) is 24.0 Å². The van der Waals surface area contributed by atoms with Crippen molar-refractivity contribution in [2.45, 2.75) is 97.3 Å². The van der Waals surface area contributed by atoms with Gasteiger partial charge in [-0.1, -0.05) is 20.8 Å². The number of nitrogens with one attached hydrogen (secondary N) is 1. The summed E-state index contributed by atoms with van der Waals surface area (Å²) in [5.74, 6) is 1.65. The van der Waals surface area contributed by atoms with Gasteiger partial charge in [-0.25, -0.2) is 9.97 Å². The fourth-order valence-electron chi connectivity index (χ4n) is 7.64. The summed E-state index contributed by atoms with van der Waals surface area (Å²) in [6, 6.07) is 5.44. The molecule has 2 aliphatic heterocycles. The lowest BCUT2D eigenvalue weighted by atomic mass is 9.86. The van der Waals surface area contributed by atoms with Gasteiger partial charge in [0.15, 0.2) is 0 Å². The number of aryl methyl sites for hydroxylation is 2. The first-order valence-corrected chi connectivity index (χ1v) is 17.5. The second-order valence-corrected chi connectivity index (χ2v) is 14.8. The van der Waals surface area contributed by atoms with Crippen LogP contribution in [0.3, 0.4) is 0 Å². The summed E-state index contributed by atoms with van der Waals surface area (Å²) >= 11 is 1.74. The van der Waals surface area contributed by atoms with Crippen LogP contribution in [0.5, 0.6) is 0 Å². The van der Waals surface area contributed by atoms with Crippen molar-refractivity contribution in [3.8, 4) is 0 Å². The fourth-order valence-corrected chi connectivity index (χ4v) is 8.90. The van der Waals surface area contributed by atoms with Crippen molar-refractivity contribution < 1.29 is 9.53 Å². The maximum absolute atomic E-state index is 13.6. The highest BCUT2D eigenvalue weighted by Gasteiger charge is 2.34. The van der Waals surface area contributed by atoms with E-state index in [2.05, 4.69) is 76.0 Å². The highest BCUT2D eigenvalue weighted by molar-refractivity contribution is 7.19. The fraction of sp³-hybridized carbons (Fsp3) is 0.629. The molecular formula is C35H50N6O2S. The molecule has 44 heavy (non-hydrogen) atoms. The summed E-state index contributed by atoms with van der Waals surface area (Å²) in [5.41, 5.74) is 6.56. The lowest BCUT2D eigenvalue weighted by molar-refractivity contribution is -0.147. The molecule has 2 fully saturated rings. The van der Waals surface area contributed by atoms with E-state index in [1.165, 1.54) is 27.3 Å². The van der Waals surface area contributed by atoms with E-state index in [4.69, 9.17) is 14.7 Å². The standard InChI is InChI=1S/C35H50N6O2S/c1-8-24-15-29(30(17-28(24)21(2)3)40-13-11-26(12-14-40)39(6)7)38-33-32-27-10-9-25(16-31(27)44-34(32)37-20-36-33)35(42)41-18-22(4)43-23(5)19-41/h15,17,20-23,25-26H,8-14,16,18-19H2,1-7H3,(H,36,37,38). The number of morpholine rings is 1. The number of piperidine rings is 1. The number of nitrogens with zero attached hydrogens (tertiary/aromatic N) is 5. The van der Waals surface area contributed by atoms with Crippen molar-refractivity contribution >= 4 is 44.7 Å². The van der Waals surface area contributed by atoms with Crippen molar-refractivity contribution in [2.24, 2.45) is 5.92 Å². The topological polar surface area (TPSA) is 73.8 Å². The van der Waals surface area contributed by atoms with E-state index in [0.29, 0.717) is 25.0 Å². The van der Waals surface area contributed by atoms with Gasteiger partial charge in [0.1, 0.15) is 17.0 Å². The highest BCUT2D eigenvalue weighted by atomic mass is 32.1. The number of carbonyl (C=O) groups is 1. The Labute approximate surface area is 267 Å². The normalized spacial score (nSPS) is 23.1. The van der Waals surface area contributed by atoms with Crippen LogP contribution in [0.4, 0.5) is 17.2 Å². The third-order valence-corrected chi connectivity index (χ3v) is 11.1. The predicted molar refractivity (Wildman–Crippen MR) is 182 cm³/mol. The van der Waals surface area contributed by atoms with E-state index < -0.39 is 0 Å². The van der Waals surface area contributed by atoms with Gasteiger partial charge in [-0.2, -0.15) is 0 Å². The number of ether oxygens (including phenoxy) is 1. The van der Waals surface area contributed by atoms with Crippen molar-refractivity contribution in [1.82, 2.24) is 19.8 Å². The van der Waals surface area contributed by atoms with Crippen LogP contribution >= 0.6 is 11.3 Å². The van der Waals surface area contributed by atoms with E-state index in [9.17, 15) is 4.79 Å². The second-order valence-electron chi connectivity index (χ2n) is 13.7. The quantitative estimate of drug-likeness (QED) is 0.329. The van der Waals surface area contributed by atoms with Crippen LogP contribution in [-0.4, -0.2) is 84.2 Å².